The van der Waals surface area contributed by atoms with E-state index in [1.54, 1.807) is 0 Å². The van der Waals surface area contributed by atoms with Crippen molar-refractivity contribution in [2.45, 2.75) is 46.1 Å². The topological polar surface area (TPSA) is 26.0 Å². The molecular weight excluding hydrogens is 122 g/mol. The van der Waals surface area contributed by atoms with Gasteiger partial charge in [0.25, 0.3) is 0 Å². The van der Waals surface area contributed by atoms with Crippen LogP contribution in [0.1, 0.15) is 40.0 Å². The fraction of sp³-hybridized carbons (Fsp3) is 1.00. The summed E-state index contributed by atoms with van der Waals surface area (Å²) in [5.74, 6) is 0.854. The van der Waals surface area contributed by atoms with Gasteiger partial charge in [0.15, 0.2) is 0 Å². The average Bonchev–Trinajstić information content (AvgIpc) is 1.78. The molecule has 0 heterocycles. The van der Waals surface area contributed by atoms with Crippen LogP contribution in [-0.2, 0) is 0 Å². The molecule has 0 aromatic rings. The third-order valence-electron chi connectivity index (χ3n) is 3.09. The summed E-state index contributed by atoms with van der Waals surface area (Å²) in [7, 11) is 0. The quantitative estimate of drug-likeness (QED) is 0.549. The zero-order valence-corrected chi connectivity index (χ0v) is 7.35. The van der Waals surface area contributed by atoms with E-state index in [0.717, 1.165) is 5.92 Å². The highest BCUT2D eigenvalue weighted by Crippen LogP contribution is 2.39. The highest BCUT2D eigenvalue weighted by molar-refractivity contribution is 4.85. The molecule has 1 saturated carbocycles. The summed E-state index contributed by atoms with van der Waals surface area (Å²) < 4.78 is 0. The predicted molar refractivity (Wildman–Crippen MR) is 44.8 cm³/mol. The van der Waals surface area contributed by atoms with Gasteiger partial charge in [-0.15, -0.1) is 0 Å². The summed E-state index contributed by atoms with van der Waals surface area (Å²) in [4.78, 5) is 0. The fourth-order valence-corrected chi connectivity index (χ4v) is 1.83. The summed E-state index contributed by atoms with van der Waals surface area (Å²) in [6, 6.07) is 0.464. The molecule has 1 nitrogen and oxygen atoms in total. The molecule has 0 aromatic heterocycles. The molecule has 0 aliphatic heterocycles. The first kappa shape index (κ1) is 8.06. The van der Waals surface area contributed by atoms with Crippen molar-refractivity contribution in [2.75, 3.05) is 0 Å². The molecule has 2 atom stereocenters. The lowest BCUT2D eigenvalue weighted by atomic mass is 9.68. The van der Waals surface area contributed by atoms with Crippen molar-refractivity contribution in [3.63, 3.8) is 0 Å². The summed E-state index contributed by atoms with van der Waals surface area (Å²) >= 11 is 0. The van der Waals surface area contributed by atoms with E-state index in [1.165, 1.54) is 19.3 Å². The SMILES string of the molecule is CC1CC[C@H](N)CC1(C)C. The largest absolute Gasteiger partial charge is 0.328 e. The predicted octanol–water partition coefficient (Wildman–Crippen LogP) is 2.16. The van der Waals surface area contributed by atoms with E-state index in [2.05, 4.69) is 20.8 Å². The zero-order chi connectivity index (χ0) is 7.78. The fourth-order valence-electron chi connectivity index (χ4n) is 1.83. The van der Waals surface area contributed by atoms with Crippen LogP contribution in [0.5, 0.6) is 0 Å². The van der Waals surface area contributed by atoms with Crippen LogP contribution in [0.25, 0.3) is 0 Å². The van der Waals surface area contributed by atoms with Crippen LogP contribution in [-0.4, -0.2) is 6.04 Å². The number of hydrogen-bond donors (Lipinski definition) is 1. The van der Waals surface area contributed by atoms with Crippen molar-refractivity contribution in [1.29, 1.82) is 0 Å². The maximum atomic E-state index is 5.87. The molecular formula is C9H19N. The Morgan fingerprint density at radius 2 is 1.90 bits per heavy atom. The van der Waals surface area contributed by atoms with Gasteiger partial charge in [-0.25, -0.2) is 0 Å². The molecule has 0 saturated heterocycles. The molecule has 60 valence electrons. The van der Waals surface area contributed by atoms with Crippen molar-refractivity contribution in [1.82, 2.24) is 0 Å². The number of hydrogen-bond acceptors (Lipinski definition) is 1. The lowest BCUT2D eigenvalue weighted by molar-refractivity contribution is 0.138. The molecule has 1 aliphatic carbocycles. The van der Waals surface area contributed by atoms with Gasteiger partial charge in [0.1, 0.15) is 0 Å². The maximum Gasteiger partial charge on any atom is 0.00441 e. The smallest absolute Gasteiger partial charge is 0.00441 e. The van der Waals surface area contributed by atoms with Crippen molar-refractivity contribution >= 4 is 0 Å². The lowest BCUT2D eigenvalue weighted by Crippen LogP contribution is -2.37. The highest BCUT2D eigenvalue weighted by Gasteiger charge is 2.31. The standard InChI is InChI=1S/C9H19N/c1-7-4-5-8(10)6-9(7,2)3/h7-8H,4-6,10H2,1-3H3/t7?,8-/m0/s1. The van der Waals surface area contributed by atoms with Crippen molar-refractivity contribution in [3.8, 4) is 0 Å². The van der Waals surface area contributed by atoms with E-state index in [0.29, 0.717) is 11.5 Å². The summed E-state index contributed by atoms with van der Waals surface area (Å²) in [6.45, 7) is 7.00. The van der Waals surface area contributed by atoms with Gasteiger partial charge in [0, 0.05) is 6.04 Å². The van der Waals surface area contributed by atoms with Gasteiger partial charge in [-0.2, -0.15) is 0 Å². The Bertz CT molecular complexity index is 118. The van der Waals surface area contributed by atoms with E-state index >= 15 is 0 Å². The summed E-state index contributed by atoms with van der Waals surface area (Å²) in [5, 5.41) is 0. The Hall–Kier alpha value is -0.0400. The number of nitrogens with two attached hydrogens (primary N) is 1. The molecule has 10 heavy (non-hydrogen) atoms. The van der Waals surface area contributed by atoms with Gasteiger partial charge in [0.05, 0.1) is 0 Å². The Kier molecular flexibility index (Phi) is 2.04. The Balaban J connectivity index is 2.55. The minimum Gasteiger partial charge on any atom is -0.328 e. The third kappa shape index (κ3) is 1.51. The van der Waals surface area contributed by atoms with E-state index < -0.39 is 0 Å². The average molecular weight is 141 g/mol. The highest BCUT2D eigenvalue weighted by atomic mass is 14.7. The van der Waals surface area contributed by atoms with Crippen LogP contribution in [0.4, 0.5) is 0 Å². The van der Waals surface area contributed by atoms with E-state index in [4.69, 9.17) is 5.73 Å². The molecule has 0 spiro atoms. The first-order chi connectivity index (χ1) is 4.52. The molecule has 1 rings (SSSR count). The molecule has 1 fully saturated rings. The normalized spacial score (nSPS) is 39.6. The minimum absolute atomic E-state index is 0.464. The van der Waals surface area contributed by atoms with Crippen LogP contribution in [0.15, 0.2) is 0 Å². The molecule has 0 bridgehead atoms. The summed E-state index contributed by atoms with van der Waals surface area (Å²) in [6.07, 6.45) is 3.74. The Labute approximate surface area is 64.0 Å². The molecule has 0 radical (unpaired) electrons. The van der Waals surface area contributed by atoms with Crippen LogP contribution in [0.3, 0.4) is 0 Å². The van der Waals surface area contributed by atoms with Gasteiger partial charge in [-0.1, -0.05) is 20.8 Å². The van der Waals surface area contributed by atoms with Crippen molar-refractivity contribution in [2.24, 2.45) is 17.1 Å². The second-order valence-corrected chi connectivity index (χ2v) is 4.43. The maximum absolute atomic E-state index is 5.87. The lowest BCUT2D eigenvalue weighted by Gasteiger charge is -2.39. The Morgan fingerprint density at radius 3 is 2.30 bits per heavy atom. The van der Waals surface area contributed by atoms with Crippen molar-refractivity contribution in [3.05, 3.63) is 0 Å². The van der Waals surface area contributed by atoms with Crippen molar-refractivity contribution < 1.29 is 0 Å². The first-order valence-electron chi connectivity index (χ1n) is 4.28. The molecule has 0 amide bonds. The second-order valence-electron chi connectivity index (χ2n) is 4.43. The van der Waals surface area contributed by atoms with Gasteiger partial charge >= 0.3 is 0 Å². The zero-order valence-electron chi connectivity index (χ0n) is 7.35. The molecule has 1 unspecified atom stereocenters. The first-order valence-corrected chi connectivity index (χ1v) is 4.28. The molecule has 0 aromatic carbocycles. The van der Waals surface area contributed by atoms with Gasteiger partial charge in [-0.3, -0.25) is 0 Å². The monoisotopic (exact) mass is 141 g/mol. The van der Waals surface area contributed by atoms with Gasteiger partial charge in [0.2, 0.25) is 0 Å². The van der Waals surface area contributed by atoms with Crippen LogP contribution >= 0.6 is 0 Å². The van der Waals surface area contributed by atoms with Crippen LogP contribution in [0.2, 0.25) is 0 Å². The number of rotatable bonds is 0. The molecule has 2 N–H and O–H groups in total. The van der Waals surface area contributed by atoms with E-state index in [9.17, 15) is 0 Å². The van der Waals surface area contributed by atoms with Crippen LogP contribution < -0.4 is 5.73 Å². The summed E-state index contributed by atoms with van der Waals surface area (Å²) in [5.41, 5.74) is 6.36. The minimum atomic E-state index is 0.464. The van der Waals surface area contributed by atoms with E-state index in [-0.39, 0.29) is 0 Å². The third-order valence-corrected chi connectivity index (χ3v) is 3.09. The van der Waals surface area contributed by atoms with E-state index in [1.807, 2.05) is 0 Å². The molecule has 1 aliphatic rings. The van der Waals surface area contributed by atoms with Gasteiger partial charge < -0.3 is 5.73 Å². The van der Waals surface area contributed by atoms with Gasteiger partial charge in [-0.05, 0) is 30.6 Å². The second kappa shape index (κ2) is 2.54. The van der Waals surface area contributed by atoms with Crippen LogP contribution in [0, 0.1) is 11.3 Å². The molecule has 1 heteroatoms. The Morgan fingerprint density at radius 1 is 1.30 bits per heavy atom.